The lowest BCUT2D eigenvalue weighted by atomic mass is 10.1. The van der Waals surface area contributed by atoms with Gasteiger partial charge in [0, 0.05) is 6.42 Å². The highest BCUT2D eigenvalue weighted by Gasteiger charge is 2.11. The summed E-state index contributed by atoms with van der Waals surface area (Å²) in [6, 6.07) is 9.77. The molecule has 3 nitrogen and oxygen atoms in total. The van der Waals surface area contributed by atoms with Crippen LogP contribution in [0.4, 0.5) is 0 Å². The van der Waals surface area contributed by atoms with Gasteiger partial charge in [0.1, 0.15) is 0 Å². The van der Waals surface area contributed by atoms with Crippen LogP contribution in [0, 0.1) is 0 Å². The number of carbonyl (C=O) groups is 1. The van der Waals surface area contributed by atoms with E-state index in [4.69, 9.17) is 0 Å². The van der Waals surface area contributed by atoms with E-state index in [0.29, 0.717) is 12.8 Å². The van der Waals surface area contributed by atoms with Crippen molar-refractivity contribution in [2.24, 2.45) is 0 Å². The first kappa shape index (κ1) is 17.7. The molecule has 1 rings (SSSR count). The monoisotopic (exact) mass is 291 g/mol. The van der Waals surface area contributed by atoms with Crippen LogP contribution in [0.5, 0.6) is 0 Å². The van der Waals surface area contributed by atoms with Gasteiger partial charge in [0.15, 0.2) is 0 Å². The number of hydrogen-bond acceptors (Lipinski definition) is 2. The van der Waals surface area contributed by atoms with Crippen molar-refractivity contribution in [3.63, 3.8) is 0 Å². The molecule has 0 bridgehead atoms. The van der Waals surface area contributed by atoms with E-state index in [2.05, 4.69) is 12.2 Å². The van der Waals surface area contributed by atoms with Gasteiger partial charge in [0.05, 0.1) is 12.6 Å². The fourth-order valence-corrected chi connectivity index (χ4v) is 2.43. The second kappa shape index (κ2) is 11.3. The number of nitrogens with one attached hydrogen (secondary N) is 1. The fraction of sp³-hybridized carbons (Fsp3) is 0.611. The normalized spacial score (nSPS) is 12.1. The quantitative estimate of drug-likeness (QED) is 0.613. The van der Waals surface area contributed by atoms with Crippen molar-refractivity contribution in [3.8, 4) is 0 Å². The molecule has 0 aliphatic carbocycles. The first-order chi connectivity index (χ1) is 10.3. The lowest BCUT2D eigenvalue weighted by Crippen LogP contribution is -2.38. The molecule has 0 aromatic heterocycles. The van der Waals surface area contributed by atoms with E-state index in [0.717, 1.165) is 18.4 Å². The van der Waals surface area contributed by atoms with Gasteiger partial charge < -0.3 is 10.4 Å². The Hall–Kier alpha value is -1.35. The molecule has 3 heteroatoms. The first-order valence-corrected chi connectivity index (χ1v) is 8.20. The van der Waals surface area contributed by atoms with E-state index in [1.54, 1.807) is 0 Å². The molecule has 0 heterocycles. The summed E-state index contributed by atoms with van der Waals surface area (Å²) in [4.78, 5) is 11.9. The summed E-state index contributed by atoms with van der Waals surface area (Å²) in [6.07, 6.45) is 8.33. The molecule has 0 fully saturated rings. The van der Waals surface area contributed by atoms with Crippen LogP contribution in [0.15, 0.2) is 30.3 Å². The average molecular weight is 291 g/mol. The summed E-state index contributed by atoms with van der Waals surface area (Å²) in [5.41, 5.74) is 1.14. The van der Waals surface area contributed by atoms with Crippen LogP contribution < -0.4 is 5.32 Å². The molecule has 118 valence electrons. The van der Waals surface area contributed by atoms with Gasteiger partial charge in [-0.2, -0.15) is 0 Å². The molecule has 1 aromatic rings. The van der Waals surface area contributed by atoms with Gasteiger partial charge in [0.25, 0.3) is 0 Å². The molecule has 2 N–H and O–H groups in total. The van der Waals surface area contributed by atoms with Gasteiger partial charge in [0.2, 0.25) is 5.91 Å². The number of amides is 1. The maximum atomic E-state index is 11.9. The molecule has 0 saturated heterocycles. The Balaban J connectivity index is 2.19. The number of hydrogen-bond donors (Lipinski definition) is 2. The third kappa shape index (κ3) is 8.51. The minimum absolute atomic E-state index is 0.0167. The van der Waals surface area contributed by atoms with Gasteiger partial charge in [-0.05, 0) is 18.4 Å². The van der Waals surface area contributed by atoms with Crippen molar-refractivity contribution >= 4 is 5.91 Å². The number of carbonyl (C=O) groups excluding carboxylic acids is 1. The van der Waals surface area contributed by atoms with Crippen LogP contribution in [-0.4, -0.2) is 23.7 Å². The summed E-state index contributed by atoms with van der Waals surface area (Å²) in [7, 11) is 0. The first-order valence-electron chi connectivity index (χ1n) is 8.20. The summed E-state index contributed by atoms with van der Waals surface area (Å²) < 4.78 is 0. The summed E-state index contributed by atoms with van der Waals surface area (Å²) in [5.74, 6) is 0.0560. The smallest absolute Gasteiger partial charge is 0.220 e. The van der Waals surface area contributed by atoms with E-state index < -0.39 is 0 Å². The van der Waals surface area contributed by atoms with E-state index in [9.17, 15) is 9.90 Å². The van der Waals surface area contributed by atoms with Crippen LogP contribution in [0.2, 0.25) is 0 Å². The molecule has 1 aromatic carbocycles. The predicted octanol–water partition coefficient (Wildman–Crippen LogP) is 3.46. The number of unbranched alkanes of at least 4 members (excludes halogenated alkanes) is 5. The van der Waals surface area contributed by atoms with Crippen molar-refractivity contribution in [1.29, 1.82) is 0 Å². The Kier molecular flexibility index (Phi) is 9.55. The molecule has 0 unspecified atom stereocenters. The van der Waals surface area contributed by atoms with Crippen molar-refractivity contribution in [2.75, 3.05) is 6.61 Å². The molecule has 0 spiro atoms. The number of aliphatic hydroxyl groups is 1. The van der Waals surface area contributed by atoms with Crippen LogP contribution in [-0.2, 0) is 11.2 Å². The topological polar surface area (TPSA) is 49.3 Å². The third-order valence-corrected chi connectivity index (χ3v) is 3.67. The van der Waals surface area contributed by atoms with E-state index >= 15 is 0 Å². The van der Waals surface area contributed by atoms with Gasteiger partial charge in [-0.3, -0.25) is 4.79 Å². The van der Waals surface area contributed by atoms with Gasteiger partial charge in [-0.15, -0.1) is 0 Å². The Morgan fingerprint density at radius 2 is 1.76 bits per heavy atom. The van der Waals surface area contributed by atoms with Gasteiger partial charge in [-0.25, -0.2) is 0 Å². The molecular formula is C18H29NO2. The summed E-state index contributed by atoms with van der Waals surface area (Å²) in [6.45, 7) is 2.19. The number of benzene rings is 1. The Morgan fingerprint density at radius 1 is 1.10 bits per heavy atom. The molecule has 21 heavy (non-hydrogen) atoms. The van der Waals surface area contributed by atoms with Crippen molar-refractivity contribution in [2.45, 2.75) is 64.3 Å². The largest absolute Gasteiger partial charge is 0.394 e. The number of rotatable bonds is 11. The average Bonchev–Trinajstić information content (AvgIpc) is 2.51. The fourth-order valence-electron chi connectivity index (χ4n) is 2.43. The second-order valence-corrected chi connectivity index (χ2v) is 5.65. The minimum Gasteiger partial charge on any atom is -0.394 e. The Morgan fingerprint density at radius 3 is 2.43 bits per heavy atom. The highest BCUT2D eigenvalue weighted by Crippen LogP contribution is 2.07. The van der Waals surface area contributed by atoms with Crippen molar-refractivity contribution < 1.29 is 9.90 Å². The predicted molar refractivity (Wildman–Crippen MR) is 87.2 cm³/mol. The van der Waals surface area contributed by atoms with Gasteiger partial charge in [-0.1, -0.05) is 69.4 Å². The maximum Gasteiger partial charge on any atom is 0.220 e. The van der Waals surface area contributed by atoms with Crippen LogP contribution in [0.3, 0.4) is 0 Å². The van der Waals surface area contributed by atoms with E-state index in [1.807, 2.05) is 30.3 Å². The SMILES string of the molecule is CCCCCCCCC(=O)N[C@H](CO)Cc1ccccc1. The Labute approximate surface area is 128 Å². The van der Waals surface area contributed by atoms with Crippen LogP contribution in [0.25, 0.3) is 0 Å². The molecule has 0 aliphatic heterocycles. The zero-order chi connectivity index (χ0) is 15.3. The van der Waals surface area contributed by atoms with Crippen molar-refractivity contribution in [3.05, 3.63) is 35.9 Å². The lowest BCUT2D eigenvalue weighted by Gasteiger charge is -2.16. The third-order valence-electron chi connectivity index (χ3n) is 3.67. The number of aliphatic hydroxyl groups excluding tert-OH is 1. The van der Waals surface area contributed by atoms with Crippen molar-refractivity contribution in [1.82, 2.24) is 5.32 Å². The van der Waals surface area contributed by atoms with Crippen LogP contribution >= 0.6 is 0 Å². The zero-order valence-electron chi connectivity index (χ0n) is 13.2. The van der Waals surface area contributed by atoms with E-state index in [-0.39, 0.29) is 18.6 Å². The summed E-state index contributed by atoms with van der Waals surface area (Å²) in [5, 5.41) is 12.3. The molecule has 0 saturated carbocycles. The molecule has 1 amide bonds. The molecule has 0 aliphatic rings. The molecule has 1 atom stereocenters. The zero-order valence-corrected chi connectivity index (χ0v) is 13.2. The molecular weight excluding hydrogens is 262 g/mol. The standard InChI is InChI=1S/C18H29NO2/c1-2-3-4-5-6-10-13-18(21)19-17(15-20)14-16-11-8-7-9-12-16/h7-9,11-12,17,20H,2-6,10,13-15H2,1H3,(H,19,21)/t17-/m0/s1. The highest BCUT2D eigenvalue weighted by molar-refractivity contribution is 5.76. The Bertz CT molecular complexity index is 378. The molecule has 0 radical (unpaired) electrons. The minimum atomic E-state index is -0.181. The van der Waals surface area contributed by atoms with Gasteiger partial charge >= 0.3 is 0 Å². The lowest BCUT2D eigenvalue weighted by molar-refractivity contribution is -0.122. The highest BCUT2D eigenvalue weighted by atomic mass is 16.3. The van der Waals surface area contributed by atoms with Crippen LogP contribution in [0.1, 0.15) is 57.4 Å². The second-order valence-electron chi connectivity index (χ2n) is 5.65. The summed E-state index contributed by atoms with van der Waals surface area (Å²) >= 11 is 0. The van der Waals surface area contributed by atoms with E-state index in [1.165, 1.54) is 25.7 Å². The maximum absolute atomic E-state index is 11.9.